The number of benzene rings is 2. The Morgan fingerprint density at radius 3 is 2.50 bits per heavy atom. The molecule has 0 radical (unpaired) electrons. The molecule has 0 saturated carbocycles. The van der Waals surface area contributed by atoms with E-state index in [9.17, 15) is 9.18 Å². The molecule has 1 heterocycles. The molecule has 2 aromatic carbocycles. The minimum absolute atomic E-state index is 0.0233. The molecule has 0 aliphatic carbocycles. The number of rotatable bonds is 6. The van der Waals surface area contributed by atoms with E-state index in [2.05, 4.69) is 10.3 Å². The highest BCUT2D eigenvalue weighted by Crippen LogP contribution is 2.31. The number of hydrogen-bond acceptors (Lipinski definition) is 4. The Labute approximate surface area is 160 Å². The quantitative estimate of drug-likeness (QED) is 0.584. The van der Waals surface area contributed by atoms with Gasteiger partial charge < -0.3 is 5.32 Å². The van der Waals surface area contributed by atoms with E-state index >= 15 is 0 Å². The fourth-order valence-corrected chi connectivity index (χ4v) is 4.41. The van der Waals surface area contributed by atoms with E-state index in [0.29, 0.717) is 0 Å². The number of nitrogens with zero attached hydrogens (tertiary/aromatic N) is 1. The Kier molecular flexibility index (Phi) is 6.06. The Morgan fingerprint density at radius 2 is 1.81 bits per heavy atom. The second-order valence-corrected chi connectivity index (χ2v) is 8.35. The molecule has 1 aromatic heterocycles. The number of nitrogens with one attached hydrogen (secondary N) is 1. The molecular formula is C20H19FN2OS2. The average Bonchev–Trinajstić information content (AvgIpc) is 3.11. The minimum Gasteiger partial charge on any atom is -0.349 e. The maximum absolute atomic E-state index is 13.0. The maximum Gasteiger partial charge on any atom is 0.233 e. The van der Waals surface area contributed by atoms with Crippen LogP contribution in [-0.4, -0.2) is 16.1 Å². The monoisotopic (exact) mass is 386 g/mol. The van der Waals surface area contributed by atoms with Gasteiger partial charge in [0.15, 0.2) is 4.34 Å². The number of carbonyl (C=O) groups excluding carboxylic acids is 1. The standard InChI is InChI=1S/C20H19FN2OS2/c1-13(15-6-4-3-5-7-15)22-19(24)14(2)26-20-23-18(12-25-20)16-8-10-17(21)11-9-16/h3-14H,1-2H3,(H,22,24). The number of aromatic nitrogens is 1. The molecule has 0 aliphatic heterocycles. The summed E-state index contributed by atoms with van der Waals surface area (Å²) in [5, 5.41) is 4.70. The second-order valence-electron chi connectivity index (χ2n) is 5.91. The van der Waals surface area contributed by atoms with Crippen molar-refractivity contribution in [3.8, 4) is 11.3 Å². The van der Waals surface area contributed by atoms with E-state index in [4.69, 9.17) is 0 Å². The van der Waals surface area contributed by atoms with Crippen LogP contribution in [0.25, 0.3) is 11.3 Å². The zero-order valence-corrected chi connectivity index (χ0v) is 16.1. The smallest absolute Gasteiger partial charge is 0.233 e. The number of amides is 1. The van der Waals surface area contributed by atoms with E-state index in [-0.39, 0.29) is 23.0 Å². The number of hydrogen-bond donors (Lipinski definition) is 1. The van der Waals surface area contributed by atoms with Crippen LogP contribution in [-0.2, 0) is 4.79 Å². The van der Waals surface area contributed by atoms with Gasteiger partial charge in [-0.05, 0) is 43.7 Å². The number of carbonyl (C=O) groups is 1. The molecule has 0 bridgehead atoms. The molecule has 6 heteroatoms. The fraction of sp³-hybridized carbons (Fsp3) is 0.200. The Morgan fingerprint density at radius 1 is 1.12 bits per heavy atom. The van der Waals surface area contributed by atoms with Gasteiger partial charge in [-0.3, -0.25) is 4.79 Å². The van der Waals surface area contributed by atoms with Crippen LogP contribution in [0.15, 0.2) is 64.3 Å². The summed E-state index contributed by atoms with van der Waals surface area (Å²) >= 11 is 2.92. The lowest BCUT2D eigenvalue weighted by atomic mass is 10.1. The number of thiazole rings is 1. The molecule has 26 heavy (non-hydrogen) atoms. The largest absolute Gasteiger partial charge is 0.349 e. The minimum atomic E-state index is -0.267. The van der Waals surface area contributed by atoms with E-state index in [1.165, 1.54) is 35.2 Å². The van der Waals surface area contributed by atoms with Gasteiger partial charge in [-0.2, -0.15) is 0 Å². The van der Waals surface area contributed by atoms with Crippen molar-refractivity contribution in [2.24, 2.45) is 0 Å². The SMILES string of the molecule is CC(Sc1nc(-c2ccc(F)cc2)cs1)C(=O)NC(C)c1ccccc1. The van der Waals surface area contributed by atoms with Crippen LogP contribution in [0.4, 0.5) is 4.39 Å². The summed E-state index contributed by atoms with van der Waals surface area (Å²) in [6.45, 7) is 3.84. The van der Waals surface area contributed by atoms with Crippen molar-refractivity contribution in [2.45, 2.75) is 29.5 Å². The summed E-state index contributed by atoms with van der Waals surface area (Å²) in [6.07, 6.45) is 0. The molecule has 1 amide bonds. The highest BCUT2D eigenvalue weighted by atomic mass is 32.2. The van der Waals surface area contributed by atoms with Crippen molar-refractivity contribution < 1.29 is 9.18 Å². The van der Waals surface area contributed by atoms with Crippen molar-refractivity contribution in [3.05, 3.63) is 71.4 Å². The second kappa shape index (κ2) is 8.47. The number of thioether (sulfide) groups is 1. The fourth-order valence-electron chi connectivity index (χ4n) is 2.43. The van der Waals surface area contributed by atoms with Crippen LogP contribution >= 0.6 is 23.1 Å². The summed E-state index contributed by atoms with van der Waals surface area (Å²) in [4.78, 5) is 17.0. The summed E-state index contributed by atoms with van der Waals surface area (Å²) in [6, 6.07) is 16.1. The molecule has 0 aliphatic rings. The highest BCUT2D eigenvalue weighted by molar-refractivity contribution is 8.02. The first-order chi connectivity index (χ1) is 12.5. The van der Waals surface area contributed by atoms with Gasteiger partial charge in [0.2, 0.25) is 5.91 Å². The van der Waals surface area contributed by atoms with E-state index in [0.717, 1.165) is 21.2 Å². The average molecular weight is 387 g/mol. The summed E-state index contributed by atoms with van der Waals surface area (Å²) in [5.74, 6) is -0.290. The molecule has 0 spiro atoms. The Bertz CT molecular complexity index is 865. The van der Waals surface area contributed by atoms with Gasteiger partial charge in [-0.15, -0.1) is 11.3 Å². The van der Waals surface area contributed by atoms with E-state index in [1.807, 2.05) is 49.6 Å². The third-order valence-electron chi connectivity index (χ3n) is 3.93. The van der Waals surface area contributed by atoms with E-state index < -0.39 is 0 Å². The summed E-state index contributed by atoms with van der Waals surface area (Å²) in [7, 11) is 0. The lowest BCUT2D eigenvalue weighted by Crippen LogP contribution is -2.33. The molecule has 3 nitrogen and oxygen atoms in total. The van der Waals surface area contributed by atoms with Crippen molar-refractivity contribution >= 4 is 29.0 Å². The molecule has 3 rings (SSSR count). The molecule has 1 N–H and O–H groups in total. The first kappa shape index (κ1) is 18.6. The van der Waals surface area contributed by atoms with Gasteiger partial charge in [0.1, 0.15) is 5.82 Å². The maximum atomic E-state index is 13.0. The van der Waals surface area contributed by atoms with Gasteiger partial charge in [-0.1, -0.05) is 42.1 Å². The molecule has 134 valence electrons. The van der Waals surface area contributed by atoms with Crippen LogP contribution in [0.3, 0.4) is 0 Å². The van der Waals surface area contributed by atoms with Crippen LogP contribution in [0.5, 0.6) is 0 Å². The zero-order chi connectivity index (χ0) is 18.5. The van der Waals surface area contributed by atoms with Crippen molar-refractivity contribution in [2.75, 3.05) is 0 Å². The predicted octanol–water partition coefficient (Wildman–Crippen LogP) is 5.31. The predicted molar refractivity (Wildman–Crippen MR) is 106 cm³/mol. The molecule has 2 atom stereocenters. The summed E-state index contributed by atoms with van der Waals surface area (Å²) < 4.78 is 13.8. The topological polar surface area (TPSA) is 42.0 Å². The number of halogens is 1. The normalized spacial score (nSPS) is 13.2. The first-order valence-corrected chi connectivity index (χ1v) is 10.0. The lowest BCUT2D eigenvalue weighted by Gasteiger charge is -2.17. The van der Waals surface area contributed by atoms with E-state index in [1.54, 1.807) is 12.1 Å². The van der Waals surface area contributed by atoms with Crippen LogP contribution in [0.1, 0.15) is 25.5 Å². The van der Waals surface area contributed by atoms with Gasteiger partial charge in [0.25, 0.3) is 0 Å². The lowest BCUT2D eigenvalue weighted by molar-refractivity contribution is -0.120. The van der Waals surface area contributed by atoms with Crippen LogP contribution in [0.2, 0.25) is 0 Å². The van der Waals surface area contributed by atoms with Gasteiger partial charge in [0, 0.05) is 10.9 Å². The third-order valence-corrected chi connectivity index (χ3v) is 6.00. The highest BCUT2D eigenvalue weighted by Gasteiger charge is 2.19. The molecule has 0 fully saturated rings. The molecule has 3 aromatic rings. The van der Waals surface area contributed by atoms with Gasteiger partial charge >= 0.3 is 0 Å². The van der Waals surface area contributed by atoms with Crippen molar-refractivity contribution in [1.82, 2.24) is 10.3 Å². The van der Waals surface area contributed by atoms with Crippen LogP contribution < -0.4 is 5.32 Å². The van der Waals surface area contributed by atoms with Crippen molar-refractivity contribution in [3.63, 3.8) is 0 Å². The summed E-state index contributed by atoms with van der Waals surface area (Å²) in [5.41, 5.74) is 2.73. The van der Waals surface area contributed by atoms with Gasteiger partial charge in [-0.25, -0.2) is 9.37 Å². The van der Waals surface area contributed by atoms with Crippen molar-refractivity contribution in [1.29, 1.82) is 0 Å². The molecular weight excluding hydrogens is 367 g/mol. The third kappa shape index (κ3) is 4.71. The first-order valence-electron chi connectivity index (χ1n) is 8.26. The Hall–Kier alpha value is -2.18. The zero-order valence-electron chi connectivity index (χ0n) is 14.5. The van der Waals surface area contributed by atoms with Crippen LogP contribution in [0, 0.1) is 5.82 Å². The molecule has 0 saturated heterocycles. The molecule has 2 unspecified atom stereocenters. The van der Waals surface area contributed by atoms with Gasteiger partial charge in [0.05, 0.1) is 17.0 Å². The Balaban J connectivity index is 1.60.